The smallest absolute Gasteiger partial charge is 0.240 e. The molecule has 0 fully saturated rings. The van der Waals surface area contributed by atoms with Crippen molar-refractivity contribution in [2.45, 2.75) is 62.6 Å². The third kappa shape index (κ3) is 4.04. The second kappa shape index (κ2) is 8.59. The molecule has 4 nitrogen and oxygen atoms in total. The van der Waals surface area contributed by atoms with E-state index in [-0.39, 0.29) is 11.2 Å². The summed E-state index contributed by atoms with van der Waals surface area (Å²) in [5, 5.41) is 10.2. The van der Waals surface area contributed by atoms with Crippen LogP contribution in [0.15, 0.2) is 35.4 Å². The highest BCUT2D eigenvalue weighted by atomic mass is 32.2. The highest BCUT2D eigenvalue weighted by Crippen LogP contribution is 2.35. The predicted molar refractivity (Wildman–Crippen MR) is 117 cm³/mol. The lowest BCUT2D eigenvalue weighted by Crippen LogP contribution is -2.41. The number of nitriles is 1. The lowest BCUT2D eigenvalue weighted by molar-refractivity contribution is -0.118. The zero-order valence-corrected chi connectivity index (χ0v) is 18.0. The van der Waals surface area contributed by atoms with Gasteiger partial charge in [0.1, 0.15) is 11.1 Å². The van der Waals surface area contributed by atoms with Crippen LogP contribution in [0.5, 0.6) is 0 Å². The summed E-state index contributed by atoms with van der Waals surface area (Å²) < 4.78 is 0. The molecule has 0 saturated heterocycles. The number of amides is 1. The first-order valence-electron chi connectivity index (χ1n) is 10.6. The van der Waals surface area contributed by atoms with E-state index in [4.69, 9.17) is 4.98 Å². The van der Waals surface area contributed by atoms with E-state index in [1.54, 1.807) is 0 Å². The molecule has 2 atom stereocenters. The van der Waals surface area contributed by atoms with Crippen LogP contribution in [0.2, 0.25) is 0 Å². The zero-order valence-electron chi connectivity index (χ0n) is 17.1. The van der Waals surface area contributed by atoms with Gasteiger partial charge in [0, 0.05) is 17.9 Å². The van der Waals surface area contributed by atoms with Gasteiger partial charge < -0.3 is 4.90 Å². The van der Waals surface area contributed by atoms with Crippen LogP contribution in [0.1, 0.15) is 55.5 Å². The van der Waals surface area contributed by atoms with Gasteiger partial charge in [-0.05, 0) is 67.7 Å². The number of hydrogen-bond donors (Lipinski definition) is 0. The molecule has 29 heavy (non-hydrogen) atoms. The molecule has 5 heteroatoms. The van der Waals surface area contributed by atoms with Gasteiger partial charge in [0.15, 0.2) is 0 Å². The number of benzene rings is 1. The molecule has 2 unspecified atom stereocenters. The third-order valence-electron chi connectivity index (χ3n) is 6.00. The van der Waals surface area contributed by atoms with Gasteiger partial charge in [0.25, 0.3) is 0 Å². The van der Waals surface area contributed by atoms with E-state index in [1.807, 2.05) is 36.1 Å². The van der Waals surface area contributed by atoms with Crippen molar-refractivity contribution >= 4 is 23.4 Å². The van der Waals surface area contributed by atoms with Crippen LogP contribution < -0.4 is 4.90 Å². The lowest BCUT2D eigenvalue weighted by Gasteiger charge is -2.32. The van der Waals surface area contributed by atoms with E-state index in [9.17, 15) is 10.1 Å². The maximum absolute atomic E-state index is 13.4. The second-order valence-corrected chi connectivity index (χ2v) is 9.33. The molecular formula is C24H27N3OS. The van der Waals surface area contributed by atoms with Crippen LogP contribution in [0.3, 0.4) is 0 Å². The lowest BCUT2D eigenvalue weighted by atomic mass is 9.87. The van der Waals surface area contributed by atoms with Gasteiger partial charge in [-0.25, -0.2) is 4.98 Å². The molecule has 1 aromatic carbocycles. The standard InChI is InChI=1S/C24H27N3OS/c1-3-22(24(28)27-12-6-8-17-7-4-5-9-21(17)27)29-23-19(15-25)14-18-13-16(2)10-11-20(18)26-23/h4-5,7,9,14,16,22H,3,6,8,10-13H2,1-2H3. The number of nitrogens with zero attached hydrogens (tertiary/aromatic N) is 3. The van der Waals surface area contributed by atoms with E-state index >= 15 is 0 Å². The van der Waals surface area contributed by atoms with E-state index < -0.39 is 0 Å². The average Bonchev–Trinajstić information content (AvgIpc) is 2.76. The number of carbonyl (C=O) groups excluding carboxylic acids is 1. The van der Waals surface area contributed by atoms with E-state index in [1.165, 1.54) is 22.9 Å². The van der Waals surface area contributed by atoms with Gasteiger partial charge >= 0.3 is 0 Å². The molecule has 1 amide bonds. The number of fused-ring (bicyclic) bond motifs is 2. The van der Waals surface area contributed by atoms with Crippen molar-refractivity contribution in [3.63, 3.8) is 0 Å². The van der Waals surface area contributed by atoms with Crippen molar-refractivity contribution < 1.29 is 4.79 Å². The second-order valence-electron chi connectivity index (χ2n) is 8.14. The summed E-state index contributed by atoms with van der Waals surface area (Å²) in [6, 6.07) is 12.5. The number of aromatic nitrogens is 1. The Morgan fingerprint density at radius 3 is 2.97 bits per heavy atom. The minimum absolute atomic E-state index is 0.127. The third-order valence-corrected chi connectivity index (χ3v) is 7.35. The molecule has 0 spiro atoms. The molecule has 2 heterocycles. The van der Waals surface area contributed by atoms with Crippen LogP contribution in [0.25, 0.3) is 0 Å². The molecule has 0 saturated carbocycles. The Hall–Kier alpha value is -2.32. The molecule has 150 valence electrons. The van der Waals surface area contributed by atoms with Crippen LogP contribution in [-0.2, 0) is 24.1 Å². The maximum atomic E-state index is 13.4. The largest absolute Gasteiger partial charge is 0.311 e. The van der Waals surface area contributed by atoms with E-state index in [0.717, 1.165) is 50.0 Å². The average molecular weight is 406 g/mol. The molecule has 4 rings (SSSR count). The van der Waals surface area contributed by atoms with Gasteiger partial charge in [-0.2, -0.15) is 5.26 Å². The molecule has 0 N–H and O–H groups in total. The quantitative estimate of drug-likeness (QED) is 0.677. The van der Waals surface area contributed by atoms with Gasteiger partial charge in [0.2, 0.25) is 5.91 Å². The summed E-state index contributed by atoms with van der Waals surface area (Å²) in [7, 11) is 0. The van der Waals surface area contributed by atoms with Crippen molar-refractivity contribution in [1.29, 1.82) is 5.26 Å². The van der Waals surface area contributed by atoms with Gasteiger partial charge in [-0.1, -0.05) is 43.8 Å². The summed E-state index contributed by atoms with van der Waals surface area (Å²) >= 11 is 1.47. The molecular weight excluding hydrogens is 378 g/mol. The Labute approximate surface area is 177 Å². The fourth-order valence-electron chi connectivity index (χ4n) is 4.38. The zero-order chi connectivity index (χ0) is 20.4. The first kappa shape index (κ1) is 20.0. The van der Waals surface area contributed by atoms with Gasteiger partial charge in [-0.3, -0.25) is 4.79 Å². The number of anilines is 1. The van der Waals surface area contributed by atoms with Crippen LogP contribution in [-0.4, -0.2) is 22.7 Å². The van der Waals surface area contributed by atoms with Crippen molar-refractivity contribution in [2.75, 3.05) is 11.4 Å². The number of aryl methyl sites for hydroxylation is 2. The summed E-state index contributed by atoms with van der Waals surface area (Å²) in [6.45, 7) is 5.05. The monoisotopic (exact) mass is 405 g/mol. The fraction of sp³-hybridized carbons (Fsp3) is 0.458. The molecule has 1 aromatic heterocycles. The van der Waals surface area contributed by atoms with Gasteiger partial charge in [-0.15, -0.1) is 0 Å². The van der Waals surface area contributed by atoms with E-state index in [2.05, 4.69) is 19.1 Å². The maximum Gasteiger partial charge on any atom is 0.240 e. The molecule has 1 aliphatic carbocycles. The van der Waals surface area contributed by atoms with Crippen molar-refractivity contribution in [1.82, 2.24) is 4.98 Å². The Bertz CT molecular complexity index is 965. The summed E-state index contributed by atoms with van der Waals surface area (Å²) in [5.41, 5.74) is 5.19. The predicted octanol–water partition coefficient (Wildman–Crippen LogP) is 4.93. The van der Waals surface area contributed by atoms with Crippen LogP contribution >= 0.6 is 11.8 Å². The van der Waals surface area contributed by atoms with Crippen LogP contribution in [0, 0.1) is 17.2 Å². The number of thioether (sulfide) groups is 1. The molecule has 0 radical (unpaired) electrons. The topological polar surface area (TPSA) is 57.0 Å². The Morgan fingerprint density at radius 1 is 1.34 bits per heavy atom. The number of hydrogen-bond acceptors (Lipinski definition) is 4. The first-order valence-corrected chi connectivity index (χ1v) is 11.5. The normalized spacial score (nSPS) is 19.1. The Balaban J connectivity index is 1.60. The number of pyridine rings is 1. The molecule has 1 aliphatic heterocycles. The number of rotatable bonds is 4. The summed E-state index contributed by atoms with van der Waals surface area (Å²) in [4.78, 5) is 20.2. The number of carbonyl (C=O) groups is 1. The molecule has 0 bridgehead atoms. The van der Waals surface area contributed by atoms with Gasteiger partial charge in [0.05, 0.1) is 10.8 Å². The van der Waals surface area contributed by atoms with Crippen molar-refractivity contribution in [3.8, 4) is 6.07 Å². The van der Waals surface area contributed by atoms with Crippen LogP contribution in [0.4, 0.5) is 5.69 Å². The van der Waals surface area contributed by atoms with E-state index in [0.29, 0.717) is 22.9 Å². The highest BCUT2D eigenvalue weighted by molar-refractivity contribution is 8.00. The fourth-order valence-corrected chi connectivity index (χ4v) is 5.44. The summed E-state index contributed by atoms with van der Waals surface area (Å²) in [5.74, 6) is 0.764. The highest BCUT2D eigenvalue weighted by Gasteiger charge is 2.30. The minimum Gasteiger partial charge on any atom is -0.311 e. The van der Waals surface area contributed by atoms with Crippen molar-refractivity contribution in [3.05, 3.63) is 52.7 Å². The van der Waals surface area contributed by atoms with Crippen molar-refractivity contribution in [2.24, 2.45) is 5.92 Å². The summed E-state index contributed by atoms with van der Waals surface area (Å²) in [6.07, 6.45) is 5.80. The minimum atomic E-state index is -0.235. The molecule has 2 aliphatic rings. The first-order chi connectivity index (χ1) is 14.1. The Kier molecular flexibility index (Phi) is 5.91. The Morgan fingerprint density at radius 2 is 2.17 bits per heavy atom. The SMILES string of the molecule is CCC(Sc1nc2c(cc1C#N)CC(C)CC2)C(=O)N1CCCc2ccccc21. The number of para-hydroxylation sites is 1. The molecule has 2 aromatic rings.